The molecule has 0 unspecified atom stereocenters. The van der Waals surface area contributed by atoms with E-state index < -0.39 is 11.7 Å². The molecule has 0 aromatic heterocycles. The van der Waals surface area contributed by atoms with Crippen LogP contribution in [0.4, 0.5) is 15.8 Å². The van der Waals surface area contributed by atoms with E-state index in [0.29, 0.717) is 11.3 Å². The first-order chi connectivity index (χ1) is 9.54. The number of amides is 1. The summed E-state index contributed by atoms with van der Waals surface area (Å²) in [6, 6.07) is 12.6. The Morgan fingerprint density at radius 2 is 1.90 bits per heavy atom. The van der Waals surface area contributed by atoms with Crippen LogP contribution in [0.15, 0.2) is 42.5 Å². The maximum absolute atomic E-state index is 13.4. The molecule has 0 atom stereocenters. The topological polar surface area (TPSA) is 70.1 Å². The normalized spacial score (nSPS) is 9.85. The summed E-state index contributed by atoms with van der Waals surface area (Å²) in [4.78, 5) is 13.6. The van der Waals surface area contributed by atoms with Gasteiger partial charge in [0.05, 0.1) is 22.9 Å². The van der Waals surface area contributed by atoms with Crippen molar-refractivity contribution in [3.8, 4) is 6.07 Å². The molecule has 100 valence electrons. The molecule has 4 nitrogen and oxygen atoms in total. The third-order valence-electron chi connectivity index (χ3n) is 2.97. The van der Waals surface area contributed by atoms with Gasteiger partial charge in [0.1, 0.15) is 5.82 Å². The van der Waals surface area contributed by atoms with Crippen molar-refractivity contribution in [1.82, 2.24) is 0 Å². The number of hydrogen-bond acceptors (Lipinski definition) is 3. The molecule has 0 fully saturated rings. The summed E-state index contributed by atoms with van der Waals surface area (Å²) in [5.74, 6) is -1.03. The molecule has 2 N–H and O–H groups in total. The van der Waals surface area contributed by atoms with Crippen LogP contribution in [0.25, 0.3) is 0 Å². The van der Waals surface area contributed by atoms with E-state index in [1.807, 2.05) is 6.07 Å². The summed E-state index contributed by atoms with van der Waals surface area (Å²) in [5, 5.41) is 8.73. The molecule has 2 rings (SSSR count). The summed E-state index contributed by atoms with van der Waals surface area (Å²) in [7, 11) is 1.56. The Balaban J connectivity index is 2.32. The van der Waals surface area contributed by atoms with Gasteiger partial charge in [0.25, 0.3) is 5.91 Å². The minimum Gasteiger partial charge on any atom is -0.396 e. The van der Waals surface area contributed by atoms with Crippen molar-refractivity contribution in [2.75, 3.05) is 17.7 Å². The van der Waals surface area contributed by atoms with Gasteiger partial charge in [0.2, 0.25) is 0 Å². The average Bonchev–Trinajstić information content (AvgIpc) is 2.48. The van der Waals surface area contributed by atoms with E-state index in [9.17, 15) is 9.18 Å². The van der Waals surface area contributed by atoms with Crippen LogP contribution < -0.4 is 10.6 Å². The molecule has 0 aliphatic rings. The number of hydrogen-bond donors (Lipinski definition) is 1. The molecule has 0 bridgehead atoms. The smallest absolute Gasteiger partial charge is 0.260 e. The van der Waals surface area contributed by atoms with Crippen LogP contribution in [0, 0.1) is 17.1 Å². The second-order valence-corrected chi connectivity index (χ2v) is 4.22. The van der Waals surface area contributed by atoms with E-state index in [0.717, 1.165) is 0 Å². The predicted octanol–water partition coefficient (Wildman–Crippen LogP) is 2.56. The van der Waals surface area contributed by atoms with E-state index in [4.69, 9.17) is 11.0 Å². The molecule has 20 heavy (non-hydrogen) atoms. The van der Waals surface area contributed by atoms with Gasteiger partial charge in [-0.15, -0.1) is 0 Å². The largest absolute Gasteiger partial charge is 0.396 e. The fourth-order valence-electron chi connectivity index (χ4n) is 1.78. The van der Waals surface area contributed by atoms with Crippen LogP contribution in [-0.4, -0.2) is 13.0 Å². The fraction of sp³-hybridized carbons (Fsp3) is 0.0667. The number of nitrogens with zero attached hydrogens (tertiary/aromatic N) is 2. The third kappa shape index (κ3) is 2.45. The van der Waals surface area contributed by atoms with Crippen molar-refractivity contribution >= 4 is 17.3 Å². The van der Waals surface area contributed by atoms with E-state index in [-0.39, 0.29) is 11.3 Å². The first kappa shape index (κ1) is 13.6. The number of rotatable bonds is 2. The van der Waals surface area contributed by atoms with Gasteiger partial charge >= 0.3 is 0 Å². The van der Waals surface area contributed by atoms with E-state index in [1.54, 1.807) is 31.3 Å². The molecule has 5 heteroatoms. The van der Waals surface area contributed by atoms with Gasteiger partial charge < -0.3 is 10.6 Å². The number of nitrogen functional groups attached to an aromatic ring is 1. The Bertz CT molecular complexity index is 689. The SMILES string of the molecule is CN(C(=O)c1cccc(F)c1N)c1ccc(C#N)cc1. The zero-order valence-corrected chi connectivity index (χ0v) is 10.8. The van der Waals surface area contributed by atoms with Gasteiger partial charge in [-0.2, -0.15) is 5.26 Å². The summed E-state index contributed by atoms with van der Waals surface area (Å²) in [5.41, 5.74) is 6.61. The maximum atomic E-state index is 13.4. The van der Waals surface area contributed by atoms with Crippen molar-refractivity contribution < 1.29 is 9.18 Å². The highest BCUT2D eigenvalue weighted by atomic mass is 19.1. The summed E-state index contributed by atoms with van der Waals surface area (Å²) in [6.07, 6.45) is 0. The standard InChI is InChI=1S/C15H12FN3O/c1-19(11-7-5-10(9-17)6-8-11)15(20)12-3-2-4-13(16)14(12)18/h2-8H,18H2,1H3. The van der Waals surface area contributed by atoms with Gasteiger partial charge in [-0.1, -0.05) is 6.07 Å². The van der Waals surface area contributed by atoms with Crippen molar-refractivity contribution in [3.63, 3.8) is 0 Å². The zero-order chi connectivity index (χ0) is 14.7. The van der Waals surface area contributed by atoms with Gasteiger partial charge in [-0.3, -0.25) is 4.79 Å². The Hall–Kier alpha value is -2.87. The Kier molecular flexibility index (Phi) is 3.67. The van der Waals surface area contributed by atoms with Gasteiger partial charge in [-0.05, 0) is 36.4 Å². The van der Waals surface area contributed by atoms with Crippen LogP contribution in [-0.2, 0) is 0 Å². The molecule has 2 aromatic rings. The monoisotopic (exact) mass is 269 g/mol. The number of anilines is 2. The Morgan fingerprint density at radius 3 is 2.50 bits per heavy atom. The minimum atomic E-state index is -0.621. The molecule has 0 radical (unpaired) electrons. The van der Waals surface area contributed by atoms with Crippen molar-refractivity contribution in [1.29, 1.82) is 5.26 Å². The summed E-state index contributed by atoms with van der Waals surface area (Å²) >= 11 is 0. The predicted molar refractivity (Wildman–Crippen MR) is 74.7 cm³/mol. The molecule has 1 amide bonds. The van der Waals surface area contributed by atoms with Crippen LogP contribution in [0.2, 0.25) is 0 Å². The van der Waals surface area contributed by atoms with Crippen LogP contribution in [0.1, 0.15) is 15.9 Å². The van der Waals surface area contributed by atoms with Crippen molar-refractivity contribution in [2.45, 2.75) is 0 Å². The van der Waals surface area contributed by atoms with E-state index in [2.05, 4.69) is 0 Å². The van der Waals surface area contributed by atoms with Crippen LogP contribution in [0.3, 0.4) is 0 Å². The molecule has 0 spiro atoms. The Morgan fingerprint density at radius 1 is 1.25 bits per heavy atom. The number of halogens is 1. The molecule has 0 saturated carbocycles. The molecule has 0 heterocycles. The molecular formula is C15H12FN3O. The first-order valence-electron chi connectivity index (χ1n) is 5.87. The van der Waals surface area contributed by atoms with Crippen LogP contribution in [0.5, 0.6) is 0 Å². The lowest BCUT2D eigenvalue weighted by Crippen LogP contribution is -2.27. The van der Waals surface area contributed by atoms with Crippen molar-refractivity contribution in [2.24, 2.45) is 0 Å². The maximum Gasteiger partial charge on any atom is 0.260 e. The zero-order valence-electron chi connectivity index (χ0n) is 10.8. The molecule has 0 saturated heterocycles. The summed E-state index contributed by atoms with van der Waals surface area (Å²) < 4.78 is 13.4. The van der Waals surface area contributed by atoms with Crippen molar-refractivity contribution in [3.05, 3.63) is 59.4 Å². The van der Waals surface area contributed by atoms with Gasteiger partial charge in [0.15, 0.2) is 0 Å². The lowest BCUT2D eigenvalue weighted by Gasteiger charge is -2.18. The second kappa shape index (κ2) is 5.41. The van der Waals surface area contributed by atoms with Gasteiger partial charge in [0, 0.05) is 12.7 Å². The highest BCUT2D eigenvalue weighted by Gasteiger charge is 2.17. The average molecular weight is 269 g/mol. The first-order valence-corrected chi connectivity index (χ1v) is 5.87. The number of benzene rings is 2. The Labute approximate surface area is 115 Å². The number of para-hydroxylation sites is 1. The molecule has 0 aliphatic heterocycles. The number of nitrogens with two attached hydrogens (primary N) is 1. The highest BCUT2D eigenvalue weighted by molar-refractivity contribution is 6.09. The highest BCUT2D eigenvalue weighted by Crippen LogP contribution is 2.21. The quantitative estimate of drug-likeness (QED) is 0.852. The van der Waals surface area contributed by atoms with Crippen LogP contribution >= 0.6 is 0 Å². The van der Waals surface area contributed by atoms with E-state index >= 15 is 0 Å². The third-order valence-corrected chi connectivity index (χ3v) is 2.97. The fourth-order valence-corrected chi connectivity index (χ4v) is 1.78. The molecule has 2 aromatic carbocycles. The second-order valence-electron chi connectivity index (χ2n) is 4.22. The summed E-state index contributed by atoms with van der Waals surface area (Å²) in [6.45, 7) is 0. The van der Waals surface area contributed by atoms with E-state index in [1.165, 1.54) is 23.1 Å². The lowest BCUT2D eigenvalue weighted by atomic mass is 10.1. The lowest BCUT2D eigenvalue weighted by molar-refractivity contribution is 0.0993. The molecule has 0 aliphatic carbocycles. The number of carbonyl (C=O) groups is 1. The number of nitriles is 1. The minimum absolute atomic E-state index is 0.108. The molecular weight excluding hydrogens is 257 g/mol. The number of carbonyl (C=O) groups excluding carboxylic acids is 1. The van der Waals surface area contributed by atoms with Gasteiger partial charge in [-0.25, -0.2) is 4.39 Å².